The van der Waals surface area contributed by atoms with Gasteiger partial charge in [-0.1, -0.05) is 0 Å². The molecule has 0 amide bonds. The van der Waals surface area contributed by atoms with Crippen LogP contribution in [0.5, 0.6) is 5.75 Å². The van der Waals surface area contributed by atoms with Crippen molar-refractivity contribution in [3.63, 3.8) is 0 Å². The maximum Gasteiger partial charge on any atom is 0.229 e. The van der Waals surface area contributed by atoms with Crippen LogP contribution in [0.15, 0.2) is 30.3 Å². The fourth-order valence-electron chi connectivity index (χ4n) is 3.39. The predicted molar refractivity (Wildman–Crippen MR) is 80.3 cm³/mol. The fourth-order valence-corrected chi connectivity index (χ4v) is 3.39. The van der Waals surface area contributed by atoms with Gasteiger partial charge in [0.1, 0.15) is 23.3 Å². The summed E-state index contributed by atoms with van der Waals surface area (Å²) in [4.78, 5) is 4.25. The maximum atomic E-state index is 10.5. The minimum absolute atomic E-state index is 0.360. The van der Waals surface area contributed by atoms with Crippen LogP contribution in [0, 0.1) is 0 Å². The first-order valence-electron chi connectivity index (χ1n) is 7.45. The number of benzene rings is 1. The lowest BCUT2D eigenvalue weighted by atomic mass is 9.95. The molecule has 2 heterocycles. The molecule has 2 aromatic rings. The number of ether oxygens (including phenoxy) is 2. The summed E-state index contributed by atoms with van der Waals surface area (Å²) in [6, 6.07) is 9.03. The van der Waals surface area contributed by atoms with Crippen molar-refractivity contribution in [1.29, 1.82) is 0 Å². The average molecular weight is 302 g/mol. The monoisotopic (exact) mass is 302 g/mol. The van der Waals surface area contributed by atoms with Gasteiger partial charge in [0, 0.05) is 11.5 Å². The third-order valence-corrected chi connectivity index (χ3v) is 4.61. The van der Waals surface area contributed by atoms with Crippen LogP contribution < -0.4 is 10.5 Å². The highest BCUT2D eigenvalue weighted by atomic mass is 16.7. The van der Waals surface area contributed by atoms with Crippen LogP contribution in [0.2, 0.25) is 0 Å². The van der Waals surface area contributed by atoms with Crippen LogP contribution in [0.3, 0.4) is 0 Å². The molecule has 6 nitrogen and oxygen atoms in total. The summed E-state index contributed by atoms with van der Waals surface area (Å²) in [7, 11) is 0. The number of hydrogen-bond donors (Lipinski definition) is 3. The first-order valence-corrected chi connectivity index (χ1v) is 7.45. The highest BCUT2D eigenvalue weighted by Gasteiger charge is 2.58. The molecule has 1 aliphatic heterocycles. The number of aliphatic hydroxyl groups excluding tert-OH is 1. The minimum atomic E-state index is -1.19. The van der Waals surface area contributed by atoms with E-state index in [-0.39, 0.29) is 6.10 Å². The number of fused-ring (bicyclic) bond motifs is 2. The topological polar surface area (TPSA) is 97.8 Å². The Labute approximate surface area is 127 Å². The Hall–Kier alpha value is -1.89. The second-order valence-corrected chi connectivity index (χ2v) is 6.03. The molecule has 1 aromatic carbocycles. The molecule has 4 atom stereocenters. The van der Waals surface area contributed by atoms with Crippen LogP contribution in [0.4, 0.5) is 5.82 Å². The summed E-state index contributed by atoms with van der Waals surface area (Å²) < 4.78 is 11.4. The normalized spacial score (nSPS) is 34.0. The van der Waals surface area contributed by atoms with Gasteiger partial charge in [0.05, 0.1) is 11.6 Å². The zero-order valence-corrected chi connectivity index (χ0v) is 12.0. The summed E-state index contributed by atoms with van der Waals surface area (Å²) in [6.45, 7) is 0. The fraction of sp³-hybridized carbons (Fsp3) is 0.438. The number of rotatable bonds is 2. The number of aromatic nitrogens is 1. The van der Waals surface area contributed by atoms with Crippen LogP contribution >= 0.6 is 0 Å². The lowest BCUT2D eigenvalue weighted by Crippen LogP contribution is -2.45. The number of hydrogen-bond acceptors (Lipinski definition) is 6. The van der Waals surface area contributed by atoms with Crippen molar-refractivity contribution >= 4 is 16.7 Å². The van der Waals surface area contributed by atoms with E-state index in [9.17, 15) is 10.2 Å². The van der Waals surface area contributed by atoms with E-state index >= 15 is 0 Å². The van der Waals surface area contributed by atoms with Gasteiger partial charge in [-0.3, -0.25) is 0 Å². The average Bonchev–Trinajstić information content (AvgIpc) is 2.96. The van der Waals surface area contributed by atoms with E-state index in [1.807, 2.05) is 12.1 Å². The highest BCUT2D eigenvalue weighted by molar-refractivity contribution is 5.81. The molecule has 6 heteroatoms. The van der Waals surface area contributed by atoms with Crippen molar-refractivity contribution in [2.45, 2.75) is 43.4 Å². The Balaban J connectivity index is 1.59. The van der Waals surface area contributed by atoms with Crippen molar-refractivity contribution in [3.8, 4) is 5.75 Å². The lowest BCUT2D eigenvalue weighted by molar-refractivity contribution is -0.114. The number of nitrogen functional groups attached to an aromatic ring is 1. The van der Waals surface area contributed by atoms with E-state index in [2.05, 4.69) is 4.98 Å². The van der Waals surface area contributed by atoms with E-state index in [0.717, 1.165) is 18.2 Å². The number of aliphatic hydroxyl groups is 2. The maximum absolute atomic E-state index is 10.5. The minimum Gasteiger partial charge on any atom is -0.462 e. The summed E-state index contributed by atoms with van der Waals surface area (Å²) in [5.74, 6) is 0.962. The molecule has 4 N–H and O–H groups in total. The molecule has 1 aliphatic carbocycles. The second kappa shape index (κ2) is 4.81. The van der Waals surface area contributed by atoms with Crippen molar-refractivity contribution < 1.29 is 19.7 Å². The Morgan fingerprint density at radius 1 is 1.32 bits per heavy atom. The molecule has 1 saturated carbocycles. The molecule has 4 unspecified atom stereocenters. The first kappa shape index (κ1) is 13.8. The van der Waals surface area contributed by atoms with E-state index in [4.69, 9.17) is 15.2 Å². The molecular formula is C16H18N2O4. The molecule has 2 fully saturated rings. The smallest absolute Gasteiger partial charge is 0.229 e. The van der Waals surface area contributed by atoms with Crippen molar-refractivity contribution in [2.24, 2.45) is 0 Å². The molecule has 4 rings (SSSR count). The molecule has 116 valence electrons. The van der Waals surface area contributed by atoms with Crippen LogP contribution in [0.25, 0.3) is 10.9 Å². The molecule has 0 spiro atoms. The Kier molecular flexibility index (Phi) is 3.00. The molecule has 0 radical (unpaired) electrons. The highest BCUT2D eigenvalue weighted by Crippen LogP contribution is 2.43. The van der Waals surface area contributed by atoms with Gasteiger partial charge in [-0.2, -0.15) is 0 Å². The summed E-state index contributed by atoms with van der Waals surface area (Å²) in [5.41, 5.74) is 5.21. The van der Waals surface area contributed by atoms with Crippen LogP contribution in [-0.2, 0) is 4.74 Å². The molecule has 1 saturated heterocycles. The Morgan fingerprint density at radius 3 is 2.95 bits per heavy atom. The zero-order valence-electron chi connectivity index (χ0n) is 12.0. The van der Waals surface area contributed by atoms with Gasteiger partial charge in [0.15, 0.2) is 0 Å². The third kappa shape index (κ3) is 2.03. The van der Waals surface area contributed by atoms with Gasteiger partial charge in [-0.05, 0) is 43.5 Å². The van der Waals surface area contributed by atoms with Gasteiger partial charge in [0.25, 0.3) is 0 Å². The van der Waals surface area contributed by atoms with Crippen LogP contribution in [-0.4, -0.2) is 39.3 Å². The van der Waals surface area contributed by atoms with Gasteiger partial charge in [0.2, 0.25) is 6.29 Å². The van der Waals surface area contributed by atoms with E-state index in [1.165, 1.54) is 0 Å². The molecule has 22 heavy (non-hydrogen) atoms. The number of nitrogens with zero attached hydrogens (tertiary/aromatic N) is 1. The summed E-state index contributed by atoms with van der Waals surface area (Å²) in [5, 5.41) is 21.7. The summed E-state index contributed by atoms with van der Waals surface area (Å²) >= 11 is 0. The van der Waals surface area contributed by atoms with Gasteiger partial charge >= 0.3 is 0 Å². The number of pyridine rings is 1. The molecule has 0 bridgehead atoms. The molecule has 2 aliphatic rings. The number of nitrogens with two attached hydrogens (primary N) is 1. The first-order chi connectivity index (χ1) is 10.6. The lowest BCUT2D eigenvalue weighted by Gasteiger charge is -2.24. The van der Waals surface area contributed by atoms with Crippen molar-refractivity contribution in [2.75, 3.05) is 5.73 Å². The van der Waals surface area contributed by atoms with Crippen LogP contribution in [0.1, 0.15) is 19.3 Å². The van der Waals surface area contributed by atoms with Crippen molar-refractivity contribution in [3.05, 3.63) is 30.3 Å². The van der Waals surface area contributed by atoms with Crippen molar-refractivity contribution in [1.82, 2.24) is 4.98 Å². The van der Waals surface area contributed by atoms with Gasteiger partial charge in [-0.25, -0.2) is 4.98 Å². The largest absolute Gasteiger partial charge is 0.462 e. The third-order valence-electron chi connectivity index (χ3n) is 4.61. The predicted octanol–water partition coefficient (Wildman–Crippen LogP) is 1.20. The van der Waals surface area contributed by atoms with Gasteiger partial charge in [-0.15, -0.1) is 0 Å². The molecule has 1 aromatic heterocycles. The molecular weight excluding hydrogens is 284 g/mol. The Morgan fingerprint density at radius 2 is 2.14 bits per heavy atom. The number of anilines is 1. The van der Waals surface area contributed by atoms with E-state index in [1.54, 1.807) is 18.2 Å². The summed E-state index contributed by atoms with van der Waals surface area (Å²) in [6.07, 6.45) is -0.151. The van der Waals surface area contributed by atoms with Gasteiger partial charge < -0.3 is 25.4 Å². The van der Waals surface area contributed by atoms with E-state index in [0.29, 0.717) is 23.5 Å². The second-order valence-electron chi connectivity index (χ2n) is 6.03. The standard InChI is InChI=1S/C16H18N2O4/c17-13-6-4-9-3-5-10(8-11(9)18-13)21-15-14(19)16(20)7-1-2-12(16)22-15/h3-6,8,12,14-15,19-20H,1-2,7H2,(H2,17,18). The zero-order chi connectivity index (χ0) is 15.3. The Bertz CT molecular complexity index is 722. The quantitative estimate of drug-likeness (QED) is 0.771. The van der Waals surface area contributed by atoms with E-state index < -0.39 is 18.0 Å². The SMILES string of the molecule is Nc1ccc2ccc(OC3OC4CCCC4(O)C3O)cc2n1.